The van der Waals surface area contributed by atoms with Crippen molar-refractivity contribution in [3.8, 4) is 5.75 Å². The standard InChI is InChI=1S/C9H10ClNO2/c1-6(12)5-7-8(13-2)3-4-11-9(7)10/h3-4H,5H2,1-2H3. The quantitative estimate of drug-likeness (QED) is 0.698. The number of ketones is 1. The predicted octanol–water partition coefficient (Wildman–Crippen LogP) is 1.88. The summed E-state index contributed by atoms with van der Waals surface area (Å²) < 4.78 is 5.05. The van der Waals surface area contributed by atoms with Gasteiger partial charge in [-0.1, -0.05) is 11.6 Å². The molecule has 0 atom stereocenters. The van der Waals surface area contributed by atoms with Crippen molar-refractivity contribution >= 4 is 17.4 Å². The average Bonchev–Trinajstić information content (AvgIpc) is 2.08. The van der Waals surface area contributed by atoms with E-state index in [9.17, 15) is 4.79 Å². The molecule has 1 aromatic rings. The smallest absolute Gasteiger partial charge is 0.136 e. The van der Waals surface area contributed by atoms with Gasteiger partial charge < -0.3 is 4.74 Å². The fourth-order valence-corrected chi connectivity index (χ4v) is 1.27. The minimum Gasteiger partial charge on any atom is -0.496 e. The van der Waals surface area contributed by atoms with Gasteiger partial charge in [0.05, 0.1) is 7.11 Å². The molecular weight excluding hydrogens is 190 g/mol. The van der Waals surface area contributed by atoms with Crippen molar-refractivity contribution in [2.75, 3.05) is 7.11 Å². The molecular formula is C9H10ClNO2. The summed E-state index contributed by atoms with van der Waals surface area (Å²) in [5, 5.41) is 0.328. The van der Waals surface area contributed by atoms with Crippen LogP contribution < -0.4 is 4.74 Å². The maximum atomic E-state index is 10.9. The van der Waals surface area contributed by atoms with Crippen LogP contribution in [-0.2, 0) is 11.2 Å². The van der Waals surface area contributed by atoms with Crippen LogP contribution in [-0.4, -0.2) is 17.9 Å². The van der Waals surface area contributed by atoms with E-state index in [1.807, 2.05) is 0 Å². The summed E-state index contributed by atoms with van der Waals surface area (Å²) in [6.45, 7) is 1.50. The Labute approximate surface area is 81.7 Å². The molecule has 0 bridgehead atoms. The first-order valence-electron chi connectivity index (χ1n) is 3.82. The summed E-state index contributed by atoms with van der Waals surface area (Å²) in [4.78, 5) is 14.8. The van der Waals surface area contributed by atoms with Gasteiger partial charge in [0, 0.05) is 18.2 Å². The van der Waals surface area contributed by atoms with Crippen LogP contribution in [0.2, 0.25) is 5.15 Å². The molecule has 70 valence electrons. The molecule has 0 radical (unpaired) electrons. The van der Waals surface area contributed by atoms with Crippen molar-refractivity contribution in [1.29, 1.82) is 0 Å². The zero-order valence-corrected chi connectivity index (χ0v) is 8.26. The molecule has 0 amide bonds. The van der Waals surface area contributed by atoms with E-state index in [1.54, 1.807) is 12.3 Å². The minimum absolute atomic E-state index is 0.0354. The van der Waals surface area contributed by atoms with Crippen molar-refractivity contribution in [1.82, 2.24) is 4.98 Å². The number of halogens is 1. The second-order valence-electron chi connectivity index (χ2n) is 2.66. The van der Waals surface area contributed by atoms with Gasteiger partial charge in [-0.2, -0.15) is 0 Å². The summed E-state index contributed by atoms with van der Waals surface area (Å²) in [7, 11) is 1.54. The number of Topliss-reactive ketones (excluding diaryl/α,β-unsaturated/α-hetero) is 1. The Hall–Kier alpha value is -1.09. The maximum Gasteiger partial charge on any atom is 0.136 e. The monoisotopic (exact) mass is 199 g/mol. The second kappa shape index (κ2) is 4.23. The van der Waals surface area contributed by atoms with Gasteiger partial charge in [0.1, 0.15) is 16.7 Å². The lowest BCUT2D eigenvalue weighted by Gasteiger charge is -2.07. The van der Waals surface area contributed by atoms with Crippen molar-refractivity contribution in [3.63, 3.8) is 0 Å². The molecule has 0 unspecified atom stereocenters. The number of carbonyl (C=O) groups excluding carboxylic acids is 1. The van der Waals surface area contributed by atoms with Gasteiger partial charge in [0.25, 0.3) is 0 Å². The van der Waals surface area contributed by atoms with E-state index in [-0.39, 0.29) is 12.2 Å². The van der Waals surface area contributed by atoms with Gasteiger partial charge in [-0.3, -0.25) is 4.79 Å². The first kappa shape index (κ1) is 9.99. The van der Waals surface area contributed by atoms with Crippen LogP contribution in [0.4, 0.5) is 0 Å². The zero-order chi connectivity index (χ0) is 9.84. The van der Waals surface area contributed by atoms with E-state index in [0.717, 1.165) is 0 Å². The Morgan fingerprint density at radius 2 is 2.38 bits per heavy atom. The van der Waals surface area contributed by atoms with Crippen LogP contribution in [0.15, 0.2) is 12.3 Å². The normalized spacial score (nSPS) is 9.77. The Kier molecular flexibility index (Phi) is 3.25. The lowest BCUT2D eigenvalue weighted by molar-refractivity contribution is -0.116. The lowest BCUT2D eigenvalue weighted by Crippen LogP contribution is -2.01. The van der Waals surface area contributed by atoms with Gasteiger partial charge in [-0.15, -0.1) is 0 Å². The first-order chi connectivity index (χ1) is 6.15. The van der Waals surface area contributed by atoms with E-state index in [1.165, 1.54) is 14.0 Å². The molecule has 4 heteroatoms. The van der Waals surface area contributed by atoms with Crippen LogP contribution in [0, 0.1) is 0 Å². The van der Waals surface area contributed by atoms with E-state index < -0.39 is 0 Å². The molecule has 1 aromatic heterocycles. The number of carbonyl (C=O) groups is 1. The van der Waals surface area contributed by atoms with Crippen molar-refractivity contribution in [3.05, 3.63) is 23.0 Å². The molecule has 0 aliphatic carbocycles. The van der Waals surface area contributed by atoms with Gasteiger partial charge in [-0.25, -0.2) is 4.98 Å². The highest BCUT2D eigenvalue weighted by Gasteiger charge is 2.10. The molecule has 1 heterocycles. The van der Waals surface area contributed by atoms with E-state index in [0.29, 0.717) is 16.5 Å². The third-order valence-electron chi connectivity index (χ3n) is 1.61. The van der Waals surface area contributed by atoms with Crippen LogP contribution >= 0.6 is 11.6 Å². The Morgan fingerprint density at radius 3 is 2.92 bits per heavy atom. The zero-order valence-electron chi connectivity index (χ0n) is 7.50. The molecule has 0 saturated carbocycles. The highest BCUT2D eigenvalue weighted by Crippen LogP contribution is 2.24. The predicted molar refractivity (Wildman–Crippen MR) is 50.2 cm³/mol. The van der Waals surface area contributed by atoms with Gasteiger partial charge in [0.15, 0.2) is 0 Å². The van der Waals surface area contributed by atoms with Crippen molar-refractivity contribution in [2.24, 2.45) is 0 Å². The maximum absolute atomic E-state index is 10.9. The van der Waals surface area contributed by atoms with Gasteiger partial charge in [0.2, 0.25) is 0 Å². The molecule has 0 saturated heterocycles. The Balaban J connectivity index is 3.07. The van der Waals surface area contributed by atoms with E-state index in [2.05, 4.69) is 4.98 Å². The first-order valence-corrected chi connectivity index (χ1v) is 4.19. The minimum atomic E-state index is 0.0354. The molecule has 0 spiro atoms. The molecule has 0 aliphatic rings. The lowest BCUT2D eigenvalue weighted by atomic mass is 10.1. The number of pyridine rings is 1. The molecule has 0 fully saturated rings. The molecule has 13 heavy (non-hydrogen) atoms. The third kappa shape index (κ3) is 2.42. The van der Waals surface area contributed by atoms with Crippen LogP contribution in [0.1, 0.15) is 12.5 Å². The molecule has 0 aromatic carbocycles. The third-order valence-corrected chi connectivity index (χ3v) is 1.93. The number of rotatable bonds is 3. The van der Waals surface area contributed by atoms with Crippen molar-refractivity contribution in [2.45, 2.75) is 13.3 Å². The topological polar surface area (TPSA) is 39.2 Å². The van der Waals surface area contributed by atoms with Crippen molar-refractivity contribution < 1.29 is 9.53 Å². The van der Waals surface area contributed by atoms with Crippen LogP contribution in [0.5, 0.6) is 5.75 Å². The molecule has 1 rings (SSSR count). The summed E-state index contributed by atoms with van der Waals surface area (Å²) in [5.41, 5.74) is 0.652. The number of hydrogen-bond acceptors (Lipinski definition) is 3. The van der Waals surface area contributed by atoms with Crippen LogP contribution in [0.25, 0.3) is 0 Å². The summed E-state index contributed by atoms with van der Waals surface area (Å²) >= 11 is 5.81. The summed E-state index contributed by atoms with van der Waals surface area (Å²) in [6.07, 6.45) is 1.81. The molecule has 0 aliphatic heterocycles. The summed E-state index contributed by atoms with van der Waals surface area (Å²) in [5.74, 6) is 0.642. The fraction of sp³-hybridized carbons (Fsp3) is 0.333. The number of ether oxygens (including phenoxy) is 1. The highest BCUT2D eigenvalue weighted by molar-refractivity contribution is 6.30. The van der Waals surface area contributed by atoms with Gasteiger partial charge >= 0.3 is 0 Å². The van der Waals surface area contributed by atoms with E-state index >= 15 is 0 Å². The Morgan fingerprint density at radius 1 is 1.69 bits per heavy atom. The average molecular weight is 200 g/mol. The fourth-order valence-electron chi connectivity index (χ4n) is 1.05. The Bertz CT molecular complexity index is 325. The van der Waals surface area contributed by atoms with E-state index in [4.69, 9.17) is 16.3 Å². The number of methoxy groups -OCH3 is 1. The second-order valence-corrected chi connectivity index (χ2v) is 3.02. The number of hydrogen-bond donors (Lipinski definition) is 0. The highest BCUT2D eigenvalue weighted by atomic mass is 35.5. The SMILES string of the molecule is COc1ccnc(Cl)c1CC(C)=O. The number of aromatic nitrogens is 1. The number of nitrogens with zero attached hydrogens (tertiary/aromatic N) is 1. The molecule has 0 N–H and O–H groups in total. The van der Waals surface area contributed by atoms with Crippen LogP contribution in [0.3, 0.4) is 0 Å². The largest absolute Gasteiger partial charge is 0.496 e. The summed E-state index contributed by atoms with van der Waals surface area (Å²) in [6, 6.07) is 1.68. The van der Waals surface area contributed by atoms with Gasteiger partial charge in [-0.05, 0) is 13.0 Å². The molecule has 3 nitrogen and oxygen atoms in total.